The predicted molar refractivity (Wildman–Crippen MR) is 124 cm³/mol. The van der Waals surface area contributed by atoms with Crippen molar-refractivity contribution < 1.29 is 9.59 Å². The Morgan fingerprint density at radius 3 is 2.37 bits per heavy atom. The smallest absolute Gasteiger partial charge is 0.247 e. The zero-order valence-electron chi connectivity index (χ0n) is 15.9. The van der Waals surface area contributed by atoms with E-state index in [0.717, 1.165) is 11.4 Å². The molecule has 1 heterocycles. The molecule has 1 saturated heterocycles. The van der Waals surface area contributed by atoms with Gasteiger partial charge >= 0.3 is 0 Å². The van der Waals surface area contributed by atoms with Crippen molar-refractivity contribution in [2.75, 3.05) is 10.2 Å². The highest BCUT2D eigenvalue weighted by Gasteiger charge is 2.40. The first-order valence-corrected chi connectivity index (χ1v) is 10.6. The molecule has 4 rings (SSSR count). The monoisotopic (exact) mass is 435 g/mol. The molecule has 2 amide bonds. The van der Waals surface area contributed by atoms with Crippen molar-refractivity contribution in [2.24, 2.45) is 4.99 Å². The lowest BCUT2D eigenvalue weighted by atomic mass is 10.3. The number of amidine groups is 1. The largest absolute Gasteiger partial charge is 0.335 e. The van der Waals surface area contributed by atoms with Crippen molar-refractivity contribution >= 4 is 57.4 Å². The number of amides is 2. The second kappa shape index (κ2) is 9.15. The third-order valence-corrected chi connectivity index (χ3v) is 5.74. The first-order chi connectivity index (χ1) is 14.6. The van der Waals surface area contributed by atoms with Crippen molar-refractivity contribution in [2.45, 2.75) is 11.7 Å². The molecule has 1 atom stereocenters. The van der Waals surface area contributed by atoms with Gasteiger partial charge in [0.05, 0.1) is 11.4 Å². The van der Waals surface area contributed by atoms with Crippen molar-refractivity contribution in [1.29, 1.82) is 0 Å². The lowest BCUT2D eigenvalue weighted by Crippen LogP contribution is -2.31. The average molecular weight is 436 g/mol. The molecule has 0 unspecified atom stereocenters. The van der Waals surface area contributed by atoms with Crippen molar-refractivity contribution in [3.63, 3.8) is 0 Å². The van der Waals surface area contributed by atoms with Crippen molar-refractivity contribution in [3.05, 3.63) is 90.0 Å². The van der Waals surface area contributed by atoms with E-state index >= 15 is 0 Å². The molecule has 3 aromatic carbocycles. The van der Waals surface area contributed by atoms with E-state index in [2.05, 4.69) is 10.3 Å². The zero-order valence-corrected chi connectivity index (χ0v) is 17.4. The van der Waals surface area contributed by atoms with Gasteiger partial charge in [0.25, 0.3) is 0 Å². The molecule has 0 aromatic heterocycles. The molecule has 1 aliphatic heterocycles. The minimum absolute atomic E-state index is 0.0975. The number of para-hydroxylation sites is 2. The molecule has 3 aromatic rings. The van der Waals surface area contributed by atoms with E-state index < -0.39 is 5.25 Å². The minimum atomic E-state index is -0.574. The van der Waals surface area contributed by atoms with Crippen LogP contribution in [-0.2, 0) is 9.59 Å². The Morgan fingerprint density at radius 1 is 0.967 bits per heavy atom. The van der Waals surface area contributed by atoms with Crippen LogP contribution in [0.25, 0.3) is 0 Å². The lowest BCUT2D eigenvalue weighted by Gasteiger charge is -2.16. The van der Waals surface area contributed by atoms with Gasteiger partial charge in [0, 0.05) is 17.1 Å². The normalized spacial score (nSPS) is 16.8. The molecular weight excluding hydrogens is 418 g/mol. The molecule has 1 N–H and O–H groups in total. The van der Waals surface area contributed by atoms with E-state index in [4.69, 9.17) is 11.6 Å². The second-order valence-corrected chi connectivity index (χ2v) is 8.23. The van der Waals surface area contributed by atoms with Gasteiger partial charge in [0.2, 0.25) is 11.8 Å². The quantitative estimate of drug-likeness (QED) is 0.333. The summed E-state index contributed by atoms with van der Waals surface area (Å²) in [5, 5.41) is 3.71. The number of carbonyl (C=O) groups excluding carboxylic acids is 2. The molecule has 0 radical (unpaired) electrons. The molecule has 30 heavy (non-hydrogen) atoms. The van der Waals surface area contributed by atoms with Gasteiger partial charge in [0.15, 0.2) is 5.17 Å². The molecule has 150 valence electrons. The predicted octanol–water partition coefficient (Wildman–Crippen LogP) is 5.50. The Balaban J connectivity index is 1.59. The van der Waals surface area contributed by atoms with Crippen molar-refractivity contribution in [3.8, 4) is 0 Å². The number of halogens is 1. The summed E-state index contributed by atoms with van der Waals surface area (Å²) in [6.45, 7) is 0. The summed E-state index contributed by atoms with van der Waals surface area (Å²) in [5.74, 6) is -0.526. The topological polar surface area (TPSA) is 61.8 Å². The van der Waals surface area contributed by atoms with Gasteiger partial charge in [-0.2, -0.15) is 0 Å². The Bertz CT molecular complexity index is 1090. The van der Waals surface area contributed by atoms with Gasteiger partial charge in [-0.3, -0.25) is 9.59 Å². The molecule has 1 aliphatic rings. The molecule has 7 heteroatoms. The molecule has 0 spiro atoms. The van der Waals surface area contributed by atoms with Crippen LogP contribution in [0.15, 0.2) is 89.9 Å². The van der Waals surface area contributed by atoms with Gasteiger partial charge in [-0.1, -0.05) is 65.8 Å². The second-order valence-electron chi connectivity index (χ2n) is 6.60. The summed E-state index contributed by atoms with van der Waals surface area (Å²) in [7, 11) is 0. The highest BCUT2D eigenvalue weighted by molar-refractivity contribution is 8.15. The van der Waals surface area contributed by atoms with Gasteiger partial charge < -0.3 is 5.32 Å². The highest BCUT2D eigenvalue weighted by atomic mass is 35.5. The molecule has 1 fully saturated rings. The standard InChI is InChI=1S/C23H18ClN3O2S/c24-16-8-7-13-19(14-16)27-21(28)15-20(22(27)29)30-23(25-17-9-3-1-4-10-17)26-18-11-5-2-6-12-18/h1-14,20H,15H2,(H,25,26)/t20-/m0/s1. The summed E-state index contributed by atoms with van der Waals surface area (Å²) in [4.78, 5) is 31.5. The molecule has 5 nitrogen and oxygen atoms in total. The summed E-state index contributed by atoms with van der Waals surface area (Å²) in [6, 6.07) is 25.8. The van der Waals surface area contributed by atoms with Gasteiger partial charge in [-0.25, -0.2) is 9.89 Å². The zero-order chi connectivity index (χ0) is 20.9. The lowest BCUT2D eigenvalue weighted by molar-refractivity contribution is -0.121. The first-order valence-electron chi connectivity index (χ1n) is 9.35. The van der Waals surface area contributed by atoms with Crippen LogP contribution in [0.5, 0.6) is 0 Å². The molecule has 0 aliphatic carbocycles. The van der Waals surface area contributed by atoms with E-state index in [-0.39, 0.29) is 18.2 Å². The fourth-order valence-electron chi connectivity index (χ4n) is 3.07. The number of aliphatic imine (C=N–C) groups is 1. The van der Waals surface area contributed by atoms with E-state index in [0.29, 0.717) is 15.9 Å². The van der Waals surface area contributed by atoms with Gasteiger partial charge in [0.1, 0.15) is 5.25 Å². The Morgan fingerprint density at radius 2 is 1.67 bits per heavy atom. The van der Waals surface area contributed by atoms with Crippen LogP contribution >= 0.6 is 23.4 Å². The van der Waals surface area contributed by atoms with Crippen LogP contribution in [-0.4, -0.2) is 22.2 Å². The maximum atomic E-state index is 13.0. The number of benzene rings is 3. The van der Waals surface area contributed by atoms with E-state index in [1.54, 1.807) is 24.3 Å². The number of imide groups is 1. The van der Waals surface area contributed by atoms with Gasteiger partial charge in [-0.05, 0) is 42.5 Å². The number of nitrogens with zero attached hydrogens (tertiary/aromatic N) is 2. The van der Waals surface area contributed by atoms with Gasteiger partial charge in [-0.15, -0.1) is 0 Å². The maximum absolute atomic E-state index is 13.0. The molecule has 0 saturated carbocycles. The summed E-state index contributed by atoms with van der Waals surface area (Å²) >= 11 is 7.29. The summed E-state index contributed by atoms with van der Waals surface area (Å²) in [5.41, 5.74) is 2.09. The average Bonchev–Trinajstić information content (AvgIpc) is 3.02. The number of hydrogen-bond acceptors (Lipinski definition) is 4. The van der Waals surface area contributed by atoms with Crippen LogP contribution in [0.3, 0.4) is 0 Å². The molecule has 0 bridgehead atoms. The Hall–Kier alpha value is -3.09. The number of rotatable bonds is 4. The fourth-order valence-corrected chi connectivity index (χ4v) is 4.29. The third kappa shape index (κ3) is 4.72. The number of thioether (sulfide) groups is 1. The number of carbonyl (C=O) groups is 2. The highest BCUT2D eigenvalue weighted by Crippen LogP contribution is 2.32. The molecular formula is C23H18ClN3O2S. The third-order valence-electron chi connectivity index (χ3n) is 4.44. The fraction of sp³-hybridized carbons (Fsp3) is 0.0870. The number of nitrogens with one attached hydrogen (secondary N) is 1. The minimum Gasteiger partial charge on any atom is -0.335 e. The van der Waals surface area contributed by atoms with E-state index in [1.807, 2.05) is 60.7 Å². The van der Waals surface area contributed by atoms with Crippen LogP contribution in [0.4, 0.5) is 17.1 Å². The van der Waals surface area contributed by atoms with Crippen LogP contribution < -0.4 is 10.2 Å². The van der Waals surface area contributed by atoms with Crippen LogP contribution in [0.2, 0.25) is 5.02 Å². The Kier molecular flexibility index (Phi) is 6.16. The van der Waals surface area contributed by atoms with E-state index in [1.165, 1.54) is 16.7 Å². The SMILES string of the molecule is O=C1C[C@H](SC(=Nc2ccccc2)Nc2ccccc2)C(=O)N1c1cccc(Cl)c1. The summed E-state index contributed by atoms with van der Waals surface area (Å²) < 4.78 is 0. The Labute approximate surface area is 183 Å². The number of anilines is 2. The van der Waals surface area contributed by atoms with Crippen LogP contribution in [0.1, 0.15) is 6.42 Å². The van der Waals surface area contributed by atoms with E-state index in [9.17, 15) is 9.59 Å². The first kappa shape index (κ1) is 20.2. The number of hydrogen-bond donors (Lipinski definition) is 1. The summed E-state index contributed by atoms with van der Waals surface area (Å²) in [6.07, 6.45) is 0.0975. The van der Waals surface area contributed by atoms with Crippen molar-refractivity contribution in [1.82, 2.24) is 0 Å². The van der Waals surface area contributed by atoms with Crippen LogP contribution in [0, 0.1) is 0 Å². The maximum Gasteiger partial charge on any atom is 0.247 e.